The number of hydrogen-bond acceptors (Lipinski definition) is 4. The summed E-state index contributed by atoms with van der Waals surface area (Å²) in [6.45, 7) is 1.55. The van der Waals surface area contributed by atoms with Gasteiger partial charge in [0.1, 0.15) is 12.3 Å². The molecule has 0 atom stereocenters. The van der Waals surface area contributed by atoms with Gasteiger partial charge in [-0.05, 0) is 43.7 Å². The zero-order chi connectivity index (χ0) is 18.4. The van der Waals surface area contributed by atoms with Crippen molar-refractivity contribution in [2.75, 3.05) is 17.2 Å². The summed E-state index contributed by atoms with van der Waals surface area (Å²) in [5.41, 5.74) is 0.358. The number of carboxylic acid groups (broad SMARTS) is 1. The summed E-state index contributed by atoms with van der Waals surface area (Å²) in [7, 11) is -3.82. The Morgan fingerprint density at radius 1 is 1.16 bits per heavy atom. The highest BCUT2D eigenvalue weighted by molar-refractivity contribution is 7.90. The summed E-state index contributed by atoms with van der Waals surface area (Å²) in [4.78, 5) is 24.5. The average molecular weight is 368 g/mol. The molecule has 1 aliphatic rings. The van der Waals surface area contributed by atoms with E-state index in [1.54, 1.807) is 30.3 Å². The fraction of sp³-hybridized carbons (Fsp3) is 0.529. The van der Waals surface area contributed by atoms with Crippen LogP contribution >= 0.6 is 0 Å². The van der Waals surface area contributed by atoms with Gasteiger partial charge in [-0.15, -0.1) is 0 Å². The summed E-state index contributed by atoms with van der Waals surface area (Å²) in [5.74, 6) is -2.14. The Kier molecular flexibility index (Phi) is 6.55. The smallest absolute Gasteiger partial charge is 0.323 e. The molecule has 8 heteroatoms. The minimum atomic E-state index is -3.82. The summed E-state index contributed by atoms with van der Waals surface area (Å²) < 4.78 is 27.2. The second-order valence-electron chi connectivity index (χ2n) is 6.54. The number of rotatable bonds is 7. The lowest BCUT2D eigenvalue weighted by molar-refractivity contribution is -0.136. The number of nitrogens with one attached hydrogen (secondary N) is 1. The predicted molar refractivity (Wildman–Crippen MR) is 94.8 cm³/mol. The van der Waals surface area contributed by atoms with Crippen molar-refractivity contribution in [3.63, 3.8) is 0 Å². The van der Waals surface area contributed by atoms with Gasteiger partial charge in [-0.1, -0.05) is 25.1 Å². The van der Waals surface area contributed by atoms with Crippen molar-refractivity contribution in [1.82, 2.24) is 4.72 Å². The topological polar surface area (TPSA) is 104 Å². The van der Waals surface area contributed by atoms with E-state index in [0.29, 0.717) is 11.6 Å². The maximum absolute atomic E-state index is 12.4. The summed E-state index contributed by atoms with van der Waals surface area (Å²) in [6, 6.07) is 8.04. The SMILES string of the molecule is CC1CCC(NS(=O)(=O)CC(=O)N(CC(=O)O)c2ccccc2)CC1. The van der Waals surface area contributed by atoms with Crippen LogP contribution in [0.1, 0.15) is 32.6 Å². The number of anilines is 1. The van der Waals surface area contributed by atoms with Crippen LogP contribution in [0.25, 0.3) is 0 Å². The fourth-order valence-corrected chi connectivity index (χ4v) is 4.29. The summed E-state index contributed by atoms with van der Waals surface area (Å²) in [6.07, 6.45) is 3.42. The zero-order valence-corrected chi connectivity index (χ0v) is 15.0. The molecule has 0 unspecified atom stereocenters. The molecule has 0 radical (unpaired) electrons. The van der Waals surface area contributed by atoms with Gasteiger partial charge in [0.15, 0.2) is 0 Å². The van der Waals surface area contributed by atoms with Gasteiger partial charge in [-0.25, -0.2) is 13.1 Å². The number of sulfonamides is 1. The van der Waals surface area contributed by atoms with Gasteiger partial charge in [0, 0.05) is 11.7 Å². The minimum Gasteiger partial charge on any atom is -0.480 e. The number of para-hydroxylation sites is 1. The lowest BCUT2D eigenvalue weighted by Gasteiger charge is -2.27. The van der Waals surface area contributed by atoms with Crippen LogP contribution in [-0.2, 0) is 19.6 Å². The molecule has 2 N–H and O–H groups in total. The molecule has 0 heterocycles. The lowest BCUT2D eigenvalue weighted by atomic mass is 9.88. The van der Waals surface area contributed by atoms with E-state index < -0.39 is 34.2 Å². The molecular weight excluding hydrogens is 344 g/mol. The molecule has 1 amide bonds. The number of hydrogen-bond donors (Lipinski definition) is 2. The first kappa shape index (κ1) is 19.4. The van der Waals surface area contributed by atoms with E-state index >= 15 is 0 Å². The standard InChI is InChI=1S/C17H24N2O5S/c1-13-7-9-14(10-8-13)18-25(23,24)12-16(20)19(11-17(21)22)15-5-3-2-4-6-15/h2-6,13-14,18H,7-12H2,1H3,(H,21,22). The van der Waals surface area contributed by atoms with Gasteiger partial charge in [-0.2, -0.15) is 0 Å². The molecule has 0 spiro atoms. The molecule has 1 fully saturated rings. The van der Waals surface area contributed by atoms with Crippen LogP contribution in [0.3, 0.4) is 0 Å². The second kappa shape index (κ2) is 8.44. The zero-order valence-electron chi connectivity index (χ0n) is 14.2. The molecule has 2 rings (SSSR count). The van der Waals surface area contributed by atoms with E-state index in [9.17, 15) is 18.0 Å². The maximum Gasteiger partial charge on any atom is 0.323 e. The quantitative estimate of drug-likeness (QED) is 0.761. The van der Waals surface area contributed by atoms with Gasteiger partial charge in [0.25, 0.3) is 0 Å². The predicted octanol–water partition coefficient (Wildman–Crippen LogP) is 1.60. The van der Waals surface area contributed by atoms with Crippen molar-refractivity contribution in [3.8, 4) is 0 Å². The van der Waals surface area contributed by atoms with Gasteiger partial charge in [0.05, 0.1) is 0 Å². The number of amides is 1. The first-order valence-electron chi connectivity index (χ1n) is 8.34. The third kappa shape index (κ3) is 6.13. The van der Waals surface area contributed by atoms with Crippen molar-refractivity contribution in [2.24, 2.45) is 5.92 Å². The molecular formula is C17H24N2O5S. The van der Waals surface area contributed by atoms with Gasteiger partial charge in [0.2, 0.25) is 15.9 Å². The van der Waals surface area contributed by atoms with Crippen molar-refractivity contribution < 1.29 is 23.1 Å². The number of carbonyl (C=O) groups is 2. The Morgan fingerprint density at radius 2 is 1.76 bits per heavy atom. The normalized spacial score (nSPS) is 20.8. The maximum atomic E-state index is 12.4. The van der Waals surface area contributed by atoms with Crippen molar-refractivity contribution in [3.05, 3.63) is 30.3 Å². The number of nitrogens with zero attached hydrogens (tertiary/aromatic N) is 1. The number of carbonyl (C=O) groups excluding carboxylic acids is 1. The Balaban J connectivity index is 2.04. The molecule has 0 aliphatic heterocycles. The highest BCUT2D eigenvalue weighted by Gasteiger charge is 2.28. The van der Waals surface area contributed by atoms with Crippen molar-refractivity contribution in [2.45, 2.75) is 38.6 Å². The highest BCUT2D eigenvalue weighted by atomic mass is 32.2. The highest BCUT2D eigenvalue weighted by Crippen LogP contribution is 2.24. The molecule has 0 aromatic heterocycles. The third-order valence-electron chi connectivity index (χ3n) is 4.34. The van der Waals surface area contributed by atoms with Gasteiger partial charge < -0.3 is 10.0 Å². The summed E-state index contributed by atoms with van der Waals surface area (Å²) in [5, 5.41) is 9.02. The van der Waals surface area contributed by atoms with Gasteiger partial charge >= 0.3 is 5.97 Å². The molecule has 1 aliphatic carbocycles. The lowest BCUT2D eigenvalue weighted by Crippen LogP contribution is -2.45. The van der Waals surface area contributed by atoms with Crippen LogP contribution in [0, 0.1) is 5.92 Å². The molecule has 1 aromatic rings. The van der Waals surface area contributed by atoms with E-state index in [0.717, 1.165) is 30.6 Å². The molecule has 0 saturated heterocycles. The molecule has 138 valence electrons. The fourth-order valence-electron chi connectivity index (χ4n) is 2.98. The largest absolute Gasteiger partial charge is 0.480 e. The third-order valence-corrected chi connectivity index (χ3v) is 5.66. The summed E-state index contributed by atoms with van der Waals surface area (Å²) >= 11 is 0. The Morgan fingerprint density at radius 3 is 2.32 bits per heavy atom. The van der Waals surface area contributed by atoms with Gasteiger partial charge in [-0.3, -0.25) is 9.59 Å². The van der Waals surface area contributed by atoms with E-state index in [1.165, 1.54) is 0 Å². The van der Waals surface area contributed by atoms with Crippen molar-refractivity contribution in [1.29, 1.82) is 0 Å². The second-order valence-corrected chi connectivity index (χ2v) is 8.30. The van der Waals surface area contributed by atoms with E-state index in [2.05, 4.69) is 11.6 Å². The molecule has 1 saturated carbocycles. The first-order valence-corrected chi connectivity index (χ1v) is 9.99. The Hall–Kier alpha value is -1.93. The first-order chi connectivity index (χ1) is 11.8. The van der Waals surface area contributed by atoms with Crippen LogP contribution in [0.15, 0.2) is 30.3 Å². The van der Waals surface area contributed by atoms with Crippen LogP contribution in [0.2, 0.25) is 0 Å². The number of carboxylic acids is 1. The molecule has 7 nitrogen and oxygen atoms in total. The minimum absolute atomic E-state index is 0.154. The van der Waals surface area contributed by atoms with E-state index in [1.807, 2.05) is 0 Å². The van der Waals surface area contributed by atoms with Crippen molar-refractivity contribution >= 4 is 27.6 Å². The van der Waals surface area contributed by atoms with Crippen LogP contribution in [0.4, 0.5) is 5.69 Å². The monoisotopic (exact) mass is 368 g/mol. The molecule has 1 aromatic carbocycles. The Labute approximate surface area is 148 Å². The number of aliphatic carboxylic acids is 1. The number of benzene rings is 1. The van der Waals surface area contributed by atoms with Crippen LogP contribution < -0.4 is 9.62 Å². The van der Waals surface area contributed by atoms with E-state index in [-0.39, 0.29) is 6.04 Å². The van der Waals surface area contributed by atoms with E-state index in [4.69, 9.17) is 5.11 Å². The molecule has 25 heavy (non-hydrogen) atoms. The molecule has 0 bridgehead atoms. The average Bonchev–Trinajstić information content (AvgIpc) is 2.54. The van der Waals surface area contributed by atoms with Crippen LogP contribution in [-0.4, -0.2) is 43.7 Å². The Bertz CT molecular complexity index is 697. The van der Waals surface area contributed by atoms with Crippen LogP contribution in [0.5, 0.6) is 0 Å².